The average molecular weight is 406 g/mol. The van der Waals surface area contributed by atoms with Gasteiger partial charge in [0.1, 0.15) is 17.8 Å². The molecule has 0 radical (unpaired) electrons. The van der Waals surface area contributed by atoms with Crippen molar-refractivity contribution in [3.05, 3.63) is 69.1 Å². The Balaban J connectivity index is 1.94. The van der Waals surface area contributed by atoms with E-state index in [0.717, 1.165) is 31.8 Å². The molecule has 0 N–H and O–H groups in total. The molecular formula is C17H10Br2O2. The predicted octanol–water partition coefficient (Wildman–Crippen LogP) is 5.97. The predicted molar refractivity (Wildman–Crippen MR) is 91.3 cm³/mol. The van der Waals surface area contributed by atoms with Crippen LogP contribution in [0.3, 0.4) is 0 Å². The number of aldehydes is 1. The van der Waals surface area contributed by atoms with Gasteiger partial charge in [0.15, 0.2) is 0 Å². The Labute approximate surface area is 139 Å². The molecule has 0 aliphatic heterocycles. The smallest absolute Gasteiger partial charge is 0.150 e. The summed E-state index contributed by atoms with van der Waals surface area (Å²) in [6, 6.07) is 17.3. The summed E-state index contributed by atoms with van der Waals surface area (Å²) < 4.78 is 7.68. The van der Waals surface area contributed by atoms with E-state index < -0.39 is 0 Å². The molecular weight excluding hydrogens is 396 g/mol. The quantitative estimate of drug-likeness (QED) is 0.501. The summed E-state index contributed by atoms with van der Waals surface area (Å²) in [5.41, 5.74) is 0.609. The maximum atomic E-state index is 10.7. The van der Waals surface area contributed by atoms with Crippen molar-refractivity contribution in [1.82, 2.24) is 0 Å². The van der Waals surface area contributed by atoms with E-state index >= 15 is 0 Å². The molecule has 0 amide bonds. The van der Waals surface area contributed by atoms with Crippen LogP contribution in [0.5, 0.6) is 11.5 Å². The average Bonchev–Trinajstić information content (AvgIpc) is 2.49. The van der Waals surface area contributed by atoms with Gasteiger partial charge >= 0.3 is 0 Å². The van der Waals surface area contributed by atoms with Crippen molar-refractivity contribution in [1.29, 1.82) is 0 Å². The van der Waals surface area contributed by atoms with Gasteiger partial charge in [-0.15, -0.1) is 0 Å². The van der Waals surface area contributed by atoms with Crippen molar-refractivity contribution in [2.75, 3.05) is 0 Å². The summed E-state index contributed by atoms with van der Waals surface area (Å²) in [6.07, 6.45) is 0.808. The lowest BCUT2D eigenvalue weighted by atomic mass is 10.1. The molecule has 104 valence electrons. The van der Waals surface area contributed by atoms with E-state index in [2.05, 4.69) is 37.9 Å². The lowest BCUT2D eigenvalue weighted by Gasteiger charge is -2.09. The Morgan fingerprint density at radius 1 is 0.857 bits per heavy atom. The number of hydrogen-bond acceptors (Lipinski definition) is 2. The summed E-state index contributed by atoms with van der Waals surface area (Å²) in [5, 5.41) is 2.25. The first-order chi connectivity index (χ1) is 10.2. The molecule has 21 heavy (non-hydrogen) atoms. The number of carbonyl (C=O) groups is 1. The Morgan fingerprint density at radius 3 is 2.38 bits per heavy atom. The second kappa shape index (κ2) is 6.00. The van der Waals surface area contributed by atoms with Gasteiger partial charge < -0.3 is 4.74 Å². The lowest BCUT2D eigenvalue weighted by Crippen LogP contribution is -1.88. The SMILES string of the molecule is O=Cc1ccc(Oc2ccc3cc(Br)ccc3c2)c(Br)c1. The largest absolute Gasteiger partial charge is 0.456 e. The van der Waals surface area contributed by atoms with Crippen molar-refractivity contribution in [3.63, 3.8) is 0 Å². The summed E-state index contributed by atoms with van der Waals surface area (Å²) in [4.78, 5) is 10.7. The number of fused-ring (bicyclic) bond motifs is 1. The van der Waals surface area contributed by atoms with Crippen LogP contribution in [-0.2, 0) is 0 Å². The monoisotopic (exact) mass is 404 g/mol. The molecule has 0 aromatic heterocycles. The van der Waals surface area contributed by atoms with Gasteiger partial charge in [-0.1, -0.05) is 28.1 Å². The lowest BCUT2D eigenvalue weighted by molar-refractivity contribution is 0.112. The second-order valence-electron chi connectivity index (χ2n) is 4.56. The van der Waals surface area contributed by atoms with Gasteiger partial charge in [0.25, 0.3) is 0 Å². The van der Waals surface area contributed by atoms with Crippen LogP contribution in [0.25, 0.3) is 10.8 Å². The van der Waals surface area contributed by atoms with Crippen LogP contribution in [0.2, 0.25) is 0 Å². The highest BCUT2D eigenvalue weighted by atomic mass is 79.9. The van der Waals surface area contributed by atoms with E-state index in [0.29, 0.717) is 11.3 Å². The minimum Gasteiger partial charge on any atom is -0.456 e. The number of carbonyl (C=O) groups excluding carboxylic acids is 1. The highest BCUT2D eigenvalue weighted by molar-refractivity contribution is 9.10. The first kappa shape index (κ1) is 14.3. The maximum absolute atomic E-state index is 10.7. The minimum atomic E-state index is 0.609. The molecule has 0 atom stereocenters. The molecule has 0 spiro atoms. The third-order valence-corrected chi connectivity index (χ3v) is 4.21. The molecule has 0 fully saturated rings. The van der Waals surface area contributed by atoms with Crippen molar-refractivity contribution in [3.8, 4) is 11.5 Å². The van der Waals surface area contributed by atoms with Gasteiger partial charge in [0.2, 0.25) is 0 Å². The second-order valence-corrected chi connectivity index (χ2v) is 6.33. The zero-order valence-electron chi connectivity index (χ0n) is 10.8. The van der Waals surface area contributed by atoms with E-state index in [-0.39, 0.29) is 0 Å². The Bertz CT molecular complexity index is 828. The van der Waals surface area contributed by atoms with Gasteiger partial charge in [-0.05, 0) is 69.2 Å². The van der Waals surface area contributed by atoms with Crippen LogP contribution in [0, 0.1) is 0 Å². The first-order valence-electron chi connectivity index (χ1n) is 6.27. The number of hydrogen-bond donors (Lipinski definition) is 0. The van der Waals surface area contributed by atoms with Crippen LogP contribution >= 0.6 is 31.9 Å². The van der Waals surface area contributed by atoms with Gasteiger partial charge in [0, 0.05) is 10.0 Å². The van der Waals surface area contributed by atoms with E-state index in [1.54, 1.807) is 18.2 Å². The molecule has 0 unspecified atom stereocenters. The highest BCUT2D eigenvalue weighted by Crippen LogP contribution is 2.32. The summed E-state index contributed by atoms with van der Waals surface area (Å²) >= 11 is 6.88. The Morgan fingerprint density at radius 2 is 1.62 bits per heavy atom. The highest BCUT2D eigenvalue weighted by Gasteiger charge is 2.05. The maximum Gasteiger partial charge on any atom is 0.150 e. The van der Waals surface area contributed by atoms with Gasteiger partial charge in [-0.3, -0.25) is 4.79 Å². The molecule has 3 rings (SSSR count). The Hall–Kier alpha value is -1.65. The zero-order valence-corrected chi connectivity index (χ0v) is 14.0. The van der Waals surface area contributed by atoms with E-state index in [9.17, 15) is 4.79 Å². The van der Waals surface area contributed by atoms with Crippen LogP contribution in [0.1, 0.15) is 10.4 Å². The van der Waals surface area contributed by atoms with E-state index in [1.807, 2.05) is 30.3 Å². The van der Waals surface area contributed by atoms with Gasteiger partial charge in [-0.2, -0.15) is 0 Å². The molecule has 0 heterocycles. The van der Waals surface area contributed by atoms with Crippen LogP contribution in [-0.4, -0.2) is 6.29 Å². The third kappa shape index (κ3) is 3.17. The van der Waals surface area contributed by atoms with Crippen LogP contribution in [0.15, 0.2) is 63.5 Å². The van der Waals surface area contributed by atoms with Crippen molar-refractivity contribution >= 4 is 48.9 Å². The molecule has 3 aromatic carbocycles. The topological polar surface area (TPSA) is 26.3 Å². The number of halogens is 2. The standard InChI is InChI=1S/C17H10Br2O2/c18-14-4-2-13-9-15(5-3-12(13)8-14)21-17-6-1-11(10-20)7-16(17)19/h1-10H. The fourth-order valence-corrected chi connectivity index (χ4v) is 2.91. The fourth-order valence-electron chi connectivity index (χ4n) is 2.06. The third-order valence-electron chi connectivity index (χ3n) is 3.09. The number of benzene rings is 3. The Kier molecular flexibility index (Phi) is 4.08. The van der Waals surface area contributed by atoms with Crippen molar-refractivity contribution < 1.29 is 9.53 Å². The molecule has 4 heteroatoms. The summed E-state index contributed by atoms with van der Waals surface area (Å²) in [6.45, 7) is 0. The number of ether oxygens (including phenoxy) is 1. The van der Waals surface area contributed by atoms with Crippen molar-refractivity contribution in [2.45, 2.75) is 0 Å². The molecule has 0 bridgehead atoms. The summed E-state index contributed by atoms with van der Waals surface area (Å²) in [7, 11) is 0. The van der Waals surface area contributed by atoms with E-state index in [1.165, 1.54) is 0 Å². The molecule has 0 aliphatic rings. The number of rotatable bonds is 3. The van der Waals surface area contributed by atoms with Gasteiger partial charge in [-0.25, -0.2) is 0 Å². The molecule has 0 saturated carbocycles. The molecule has 0 aliphatic carbocycles. The molecule has 0 saturated heterocycles. The first-order valence-corrected chi connectivity index (χ1v) is 7.86. The summed E-state index contributed by atoms with van der Waals surface area (Å²) in [5.74, 6) is 1.43. The van der Waals surface area contributed by atoms with Crippen molar-refractivity contribution in [2.24, 2.45) is 0 Å². The van der Waals surface area contributed by atoms with Crippen LogP contribution < -0.4 is 4.74 Å². The normalized spacial score (nSPS) is 10.6. The molecule has 2 nitrogen and oxygen atoms in total. The fraction of sp³-hybridized carbons (Fsp3) is 0. The van der Waals surface area contributed by atoms with Crippen LogP contribution in [0.4, 0.5) is 0 Å². The molecule has 3 aromatic rings. The zero-order chi connectivity index (χ0) is 14.8. The minimum absolute atomic E-state index is 0.609. The van der Waals surface area contributed by atoms with E-state index in [4.69, 9.17) is 4.74 Å². The van der Waals surface area contributed by atoms with Gasteiger partial charge in [0.05, 0.1) is 4.47 Å².